The molecule has 4 atom stereocenters. The van der Waals surface area contributed by atoms with Crippen molar-refractivity contribution in [3.63, 3.8) is 0 Å². The Labute approximate surface area is 70.6 Å². The van der Waals surface area contributed by atoms with Crippen LogP contribution in [0.5, 0.6) is 0 Å². The van der Waals surface area contributed by atoms with Crippen LogP contribution in [-0.4, -0.2) is 12.1 Å². The molecule has 0 aliphatic carbocycles. The van der Waals surface area contributed by atoms with Crippen LogP contribution in [0, 0.1) is 11.8 Å². The van der Waals surface area contributed by atoms with Crippen molar-refractivity contribution in [2.45, 2.75) is 52.6 Å². The molecule has 0 aromatic heterocycles. The summed E-state index contributed by atoms with van der Waals surface area (Å²) in [6.07, 6.45) is 2.69. The Morgan fingerprint density at radius 2 is 2.09 bits per heavy atom. The first kappa shape index (κ1) is 9.05. The summed E-state index contributed by atoms with van der Waals surface area (Å²) < 4.78 is 0. The zero-order chi connectivity index (χ0) is 8.43. The van der Waals surface area contributed by atoms with Crippen LogP contribution >= 0.6 is 0 Å². The third-order valence-electron chi connectivity index (χ3n) is 3.19. The van der Waals surface area contributed by atoms with Crippen LogP contribution in [0.15, 0.2) is 0 Å². The minimum atomic E-state index is 0.736. The second-order valence-corrected chi connectivity index (χ2v) is 4.14. The van der Waals surface area contributed by atoms with Gasteiger partial charge >= 0.3 is 0 Å². The van der Waals surface area contributed by atoms with E-state index < -0.39 is 0 Å². The Morgan fingerprint density at radius 1 is 1.45 bits per heavy atom. The molecule has 1 nitrogen and oxygen atoms in total. The Balaban J connectivity index is 2.45. The van der Waals surface area contributed by atoms with Gasteiger partial charge in [-0.3, -0.25) is 0 Å². The molecule has 1 rings (SSSR count). The summed E-state index contributed by atoms with van der Waals surface area (Å²) in [5, 5.41) is 3.58. The van der Waals surface area contributed by atoms with Crippen LogP contribution in [0.25, 0.3) is 0 Å². The molecule has 11 heavy (non-hydrogen) atoms. The third-order valence-corrected chi connectivity index (χ3v) is 3.19. The first-order valence-corrected chi connectivity index (χ1v) is 4.91. The molecule has 0 spiro atoms. The van der Waals surface area contributed by atoms with Crippen LogP contribution in [0.2, 0.25) is 0 Å². The lowest BCUT2D eigenvalue weighted by Crippen LogP contribution is -2.28. The van der Waals surface area contributed by atoms with Crippen molar-refractivity contribution in [3.05, 3.63) is 0 Å². The van der Waals surface area contributed by atoms with Gasteiger partial charge in [0.05, 0.1) is 0 Å². The molecule has 1 aliphatic rings. The van der Waals surface area contributed by atoms with Crippen molar-refractivity contribution < 1.29 is 0 Å². The van der Waals surface area contributed by atoms with E-state index >= 15 is 0 Å². The zero-order valence-electron chi connectivity index (χ0n) is 8.22. The summed E-state index contributed by atoms with van der Waals surface area (Å²) in [6.45, 7) is 9.28. The van der Waals surface area contributed by atoms with E-state index in [-0.39, 0.29) is 0 Å². The Kier molecular flexibility index (Phi) is 2.94. The molecule has 0 bridgehead atoms. The van der Waals surface area contributed by atoms with Crippen molar-refractivity contribution in [3.8, 4) is 0 Å². The lowest BCUT2D eigenvalue weighted by Gasteiger charge is -2.20. The highest BCUT2D eigenvalue weighted by molar-refractivity contribution is 4.87. The largest absolute Gasteiger partial charge is 0.311 e. The van der Waals surface area contributed by atoms with E-state index in [2.05, 4.69) is 33.0 Å². The monoisotopic (exact) mass is 155 g/mol. The van der Waals surface area contributed by atoms with Gasteiger partial charge < -0.3 is 5.32 Å². The number of rotatable bonds is 2. The average Bonchev–Trinajstić information content (AvgIpc) is 2.28. The highest BCUT2D eigenvalue weighted by Crippen LogP contribution is 2.28. The normalized spacial score (nSPS) is 40.9. The molecule has 0 aromatic carbocycles. The van der Waals surface area contributed by atoms with Crippen LogP contribution in [-0.2, 0) is 0 Å². The van der Waals surface area contributed by atoms with Gasteiger partial charge in [0.25, 0.3) is 0 Å². The SMILES string of the molecule is CCC(C)C1CC(C)NC1C. The molecule has 1 aliphatic heterocycles. The molecule has 1 N–H and O–H groups in total. The van der Waals surface area contributed by atoms with Gasteiger partial charge in [0.15, 0.2) is 0 Å². The predicted molar refractivity (Wildman–Crippen MR) is 49.6 cm³/mol. The highest BCUT2D eigenvalue weighted by atomic mass is 15.0. The summed E-state index contributed by atoms with van der Waals surface area (Å²) in [5.74, 6) is 1.80. The first-order valence-electron chi connectivity index (χ1n) is 4.91. The van der Waals surface area contributed by atoms with E-state index in [0.717, 1.165) is 23.9 Å². The van der Waals surface area contributed by atoms with Crippen molar-refractivity contribution >= 4 is 0 Å². The molecule has 0 amide bonds. The summed E-state index contributed by atoms with van der Waals surface area (Å²) in [7, 11) is 0. The molecule has 66 valence electrons. The van der Waals surface area contributed by atoms with Crippen molar-refractivity contribution in [1.82, 2.24) is 5.32 Å². The van der Waals surface area contributed by atoms with Crippen LogP contribution < -0.4 is 5.32 Å². The minimum Gasteiger partial charge on any atom is -0.311 e. The molecule has 0 saturated carbocycles. The van der Waals surface area contributed by atoms with Crippen molar-refractivity contribution in [2.24, 2.45) is 11.8 Å². The second-order valence-electron chi connectivity index (χ2n) is 4.14. The Bertz CT molecular complexity index is 118. The summed E-state index contributed by atoms with van der Waals surface area (Å²) >= 11 is 0. The molecule has 1 saturated heterocycles. The fourth-order valence-corrected chi connectivity index (χ4v) is 2.28. The van der Waals surface area contributed by atoms with E-state index in [1.165, 1.54) is 12.8 Å². The molecule has 1 heterocycles. The van der Waals surface area contributed by atoms with Gasteiger partial charge in [0, 0.05) is 12.1 Å². The maximum absolute atomic E-state index is 3.58. The quantitative estimate of drug-likeness (QED) is 0.645. The van der Waals surface area contributed by atoms with Crippen LogP contribution in [0.4, 0.5) is 0 Å². The zero-order valence-corrected chi connectivity index (χ0v) is 8.22. The van der Waals surface area contributed by atoms with Gasteiger partial charge in [-0.1, -0.05) is 20.3 Å². The fraction of sp³-hybridized carbons (Fsp3) is 1.00. The van der Waals surface area contributed by atoms with Gasteiger partial charge in [-0.25, -0.2) is 0 Å². The fourth-order valence-electron chi connectivity index (χ4n) is 2.28. The van der Waals surface area contributed by atoms with E-state index in [1.54, 1.807) is 0 Å². The molecule has 0 radical (unpaired) electrons. The van der Waals surface area contributed by atoms with Gasteiger partial charge in [0.1, 0.15) is 0 Å². The number of hydrogen-bond donors (Lipinski definition) is 1. The van der Waals surface area contributed by atoms with Gasteiger partial charge in [-0.15, -0.1) is 0 Å². The van der Waals surface area contributed by atoms with Crippen LogP contribution in [0.1, 0.15) is 40.5 Å². The van der Waals surface area contributed by atoms with Crippen LogP contribution in [0.3, 0.4) is 0 Å². The van der Waals surface area contributed by atoms with Gasteiger partial charge in [-0.2, -0.15) is 0 Å². The topological polar surface area (TPSA) is 12.0 Å². The van der Waals surface area contributed by atoms with E-state index in [4.69, 9.17) is 0 Å². The summed E-state index contributed by atoms with van der Waals surface area (Å²) in [5.41, 5.74) is 0. The van der Waals surface area contributed by atoms with Gasteiger partial charge in [0.2, 0.25) is 0 Å². The minimum absolute atomic E-state index is 0.736. The molecule has 0 aromatic rings. The molecule has 1 fully saturated rings. The second kappa shape index (κ2) is 3.57. The smallest absolute Gasteiger partial charge is 0.00725 e. The van der Waals surface area contributed by atoms with Gasteiger partial charge in [-0.05, 0) is 32.1 Å². The van der Waals surface area contributed by atoms with E-state index in [1.807, 2.05) is 0 Å². The lowest BCUT2D eigenvalue weighted by molar-refractivity contribution is 0.324. The molecular weight excluding hydrogens is 134 g/mol. The maximum Gasteiger partial charge on any atom is 0.00725 e. The molecular formula is C10H21N. The number of nitrogens with one attached hydrogen (secondary N) is 1. The Morgan fingerprint density at radius 3 is 2.45 bits per heavy atom. The maximum atomic E-state index is 3.58. The summed E-state index contributed by atoms with van der Waals surface area (Å²) in [6, 6.07) is 1.48. The molecule has 1 heteroatoms. The van der Waals surface area contributed by atoms with E-state index in [0.29, 0.717) is 0 Å². The Hall–Kier alpha value is -0.0400. The average molecular weight is 155 g/mol. The van der Waals surface area contributed by atoms with Crippen molar-refractivity contribution in [2.75, 3.05) is 0 Å². The molecule has 4 unspecified atom stereocenters. The van der Waals surface area contributed by atoms with E-state index in [9.17, 15) is 0 Å². The predicted octanol–water partition coefficient (Wildman–Crippen LogP) is 2.42. The standard InChI is InChI=1S/C10H21N/c1-5-7(2)10-6-8(3)11-9(10)4/h7-11H,5-6H2,1-4H3. The highest BCUT2D eigenvalue weighted by Gasteiger charge is 2.30. The first-order chi connectivity index (χ1) is 5.15. The van der Waals surface area contributed by atoms with Crippen molar-refractivity contribution in [1.29, 1.82) is 0 Å². The lowest BCUT2D eigenvalue weighted by atomic mass is 9.86. The number of hydrogen-bond acceptors (Lipinski definition) is 1. The summed E-state index contributed by atoms with van der Waals surface area (Å²) in [4.78, 5) is 0. The third kappa shape index (κ3) is 1.96.